The van der Waals surface area contributed by atoms with Crippen LogP contribution in [0.25, 0.3) is 10.9 Å². The molecule has 0 bridgehead atoms. The Morgan fingerprint density at radius 2 is 2.00 bits per heavy atom. The molecule has 0 unspecified atom stereocenters. The number of H-pyrrole nitrogens is 1. The van der Waals surface area contributed by atoms with Crippen LogP contribution < -0.4 is 10.9 Å². The Morgan fingerprint density at radius 1 is 1.17 bits per heavy atom. The van der Waals surface area contributed by atoms with Gasteiger partial charge in [-0.25, -0.2) is 4.79 Å². The van der Waals surface area contributed by atoms with Crippen molar-refractivity contribution in [2.45, 2.75) is 77.0 Å². The van der Waals surface area contributed by atoms with Crippen molar-refractivity contribution < 1.29 is 9.53 Å². The third-order valence-corrected chi connectivity index (χ3v) is 6.42. The van der Waals surface area contributed by atoms with Crippen LogP contribution in [0.1, 0.15) is 63.0 Å². The van der Waals surface area contributed by atoms with E-state index in [-0.39, 0.29) is 23.7 Å². The fourth-order valence-electron chi connectivity index (χ4n) is 4.61. The molecule has 1 saturated carbocycles. The van der Waals surface area contributed by atoms with Crippen molar-refractivity contribution in [3.8, 4) is 0 Å². The number of carbonyl (C=O) groups excluding carboxylic acids is 1. The molecule has 2 aromatic rings. The number of hydrogen-bond donors (Lipinski definition) is 2. The van der Waals surface area contributed by atoms with Gasteiger partial charge in [-0.2, -0.15) is 0 Å². The third-order valence-electron chi connectivity index (χ3n) is 6.42. The van der Waals surface area contributed by atoms with Gasteiger partial charge in [-0.3, -0.25) is 4.79 Å². The lowest BCUT2D eigenvalue weighted by atomic mass is 9.96. The highest BCUT2D eigenvalue weighted by molar-refractivity contribution is 5.80. The van der Waals surface area contributed by atoms with Crippen LogP contribution in [-0.4, -0.2) is 41.2 Å². The van der Waals surface area contributed by atoms with E-state index in [0.29, 0.717) is 18.7 Å². The lowest BCUT2D eigenvalue weighted by molar-refractivity contribution is 0.0784. The smallest absolute Gasteiger partial charge is 0.318 e. The van der Waals surface area contributed by atoms with Gasteiger partial charge in [0.2, 0.25) is 0 Å². The zero-order chi connectivity index (χ0) is 20.9. The molecule has 1 aliphatic heterocycles. The minimum Gasteiger partial charge on any atom is -0.376 e. The molecule has 2 N–H and O–H groups in total. The first-order valence-electron chi connectivity index (χ1n) is 11.4. The summed E-state index contributed by atoms with van der Waals surface area (Å²) in [5.74, 6) is 0. The van der Waals surface area contributed by atoms with Crippen LogP contribution >= 0.6 is 0 Å². The average molecular weight is 412 g/mol. The second kappa shape index (κ2) is 9.65. The predicted molar refractivity (Wildman–Crippen MR) is 119 cm³/mol. The van der Waals surface area contributed by atoms with E-state index in [2.05, 4.69) is 23.3 Å². The van der Waals surface area contributed by atoms with Gasteiger partial charge in [-0.05, 0) is 61.3 Å². The number of ether oxygens (including phenoxy) is 1. The van der Waals surface area contributed by atoms with Crippen LogP contribution in [0, 0.1) is 0 Å². The molecule has 2 amide bonds. The van der Waals surface area contributed by atoms with Gasteiger partial charge in [0, 0.05) is 30.3 Å². The molecule has 162 valence electrons. The number of fused-ring (bicyclic) bond motifs is 1. The van der Waals surface area contributed by atoms with E-state index in [1.54, 1.807) is 4.90 Å². The summed E-state index contributed by atoms with van der Waals surface area (Å²) in [4.78, 5) is 30.6. The van der Waals surface area contributed by atoms with Gasteiger partial charge in [0.1, 0.15) is 0 Å². The Hall–Kier alpha value is -2.34. The highest BCUT2D eigenvalue weighted by atomic mass is 16.5. The topological polar surface area (TPSA) is 74.4 Å². The Bertz CT molecular complexity index is 927. The molecule has 2 heterocycles. The van der Waals surface area contributed by atoms with Gasteiger partial charge in [-0.15, -0.1) is 0 Å². The second-order valence-corrected chi connectivity index (χ2v) is 8.70. The largest absolute Gasteiger partial charge is 0.376 e. The first-order valence-corrected chi connectivity index (χ1v) is 11.4. The highest BCUT2D eigenvalue weighted by Gasteiger charge is 2.25. The first-order chi connectivity index (χ1) is 14.6. The SMILES string of the molecule is CCc1ccc2[nH]c(=O)c(CN(C[C@H]3CCCO3)C(=O)NC3CCCCC3)cc2c1. The third kappa shape index (κ3) is 5.04. The summed E-state index contributed by atoms with van der Waals surface area (Å²) in [5, 5.41) is 4.22. The van der Waals surface area contributed by atoms with E-state index in [1.165, 1.54) is 24.8 Å². The van der Waals surface area contributed by atoms with Crippen molar-refractivity contribution in [3.05, 3.63) is 45.7 Å². The molecular formula is C24H33N3O3. The van der Waals surface area contributed by atoms with Gasteiger partial charge in [0.15, 0.2) is 0 Å². The normalized spacial score (nSPS) is 19.8. The summed E-state index contributed by atoms with van der Waals surface area (Å²) in [6.45, 7) is 3.68. The van der Waals surface area contributed by atoms with Crippen molar-refractivity contribution in [3.63, 3.8) is 0 Å². The van der Waals surface area contributed by atoms with E-state index in [0.717, 1.165) is 49.6 Å². The molecule has 30 heavy (non-hydrogen) atoms. The Morgan fingerprint density at radius 3 is 2.73 bits per heavy atom. The molecule has 4 rings (SSSR count). The molecular weight excluding hydrogens is 378 g/mol. The minimum absolute atomic E-state index is 0.0494. The van der Waals surface area contributed by atoms with Crippen molar-refractivity contribution in [2.75, 3.05) is 13.2 Å². The van der Waals surface area contributed by atoms with Crippen LogP contribution in [0.5, 0.6) is 0 Å². The number of aryl methyl sites for hydroxylation is 1. The number of nitrogens with one attached hydrogen (secondary N) is 2. The van der Waals surface area contributed by atoms with Gasteiger partial charge < -0.3 is 19.9 Å². The molecule has 2 aliphatic rings. The summed E-state index contributed by atoms with van der Waals surface area (Å²) in [6, 6.07) is 8.20. The maximum Gasteiger partial charge on any atom is 0.318 e. The van der Waals surface area contributed by atoms with E-state index in [9.17, 15) is 9.59 Å². The molecule has 0 spiro atoms. The molecule has 6 nitrogen and oxygen atoms in total. The number of pyridine rings is 1. The van der Waals surface area contributed by atoms with Crippen molar-refractivity contribution in [1.29, 1.82) is 0 Å². The monoisotopic (exact) mass is 411 g/mol. The molecule has 0 radical (unpaired) electrons. The van der Waals surface area contributed by atoms with E-state index in [1.807, 2.05) is 18.2 Å². The molecule has 1 saturated heterocycles. The summed E-state index contributed by atoms with van der Waals surface area (Å²) in [5.41, 5.74) is 2.55. The molecule has 1 aromatic carbocycles. The van der Waals surface area contributed by atoms with Crippen molar-refractivity contribution in [1.82, 2.24) is 15.2 Å². The van der Waals surface area contributed by atoms with E-state index < -0.39 is 0 Å². The lowest BCUT2D eigenvalue weighted by Gasteiger charge is -2.29. The molecule has 2 fully saturated rings. The molecule has 6 heteroatoms. The summed E-state index contributed by atoms with van der Waals surface area (Å²) in [7, 11) is 0. The summed E-state index contributed by atoms with van der Waals surface area (Å²) >= 11 is 0. The van der Waals surface area contributed by atoms with E-state index in [4.69, 9.17) is 4.74 Å². The number of rotatable bonds is 6. The van der Waals surface area contributed by atoms with Crippen LogP contribution in [-0.2, 0) is 17.7 Å². The lowest BCUT2D eigenvalue weighted by Crippen LogP contribution is -2.48. The fourth-order valence-corrected chi connectivity index (χ4v) is 4.61. The quantitative estimate of drug-likeness (QED) is 0.751. The zero-order valence-electron chi connectivity index (χ0n) is 17.9. The maximum absolute atomic E-state index is 13.1. The number of amides is 2. The number of benzene rings is 1. The van der Waals surface area contributed by atoms with Crippen LogP contribution in [0.2, 0.25) is 0 Å². The second-order valence-electron chi connectivity index (χ2n) is 8.70. The summed E-state index contributed by atoms with van der Waals surface area (Å²) in [6.07, 6.45) is 8.64. The van der Waals surface area contributed by atoms with Crippen molar-refractivity contribution in [2.24, 2.45) is 0 Å². The zero-order valence-corrected chi connectivity index (χ0v) is 17.9. The maximum atomic E-state index is 13.1. The van der Waals surface area contributed by atoms with Gasteiger partial charge >= 0.3 is 6.03 Å². The first kappa shape index (κ1) is 20.9. The number of urea groups is 1. The predicted octanol–water partition coefficient (Wildman–Crippen LogP) is 4.11. The Labute approximate surface area is 178 Å². The molecule has 1 aromatic heterocycles. The number of aromatic amines is 1. The average Bonchev–Trinajstić information content (AvgIpc) is 3.27. The van der Waals surface area contributed by atoms with E-state index >= 15 is 0 Å². The number of hydrogen-bond acceptors (Lipinski definition) is 3. The van der Waals surface area contributed by atoms with Gasteiger partial charge in [-0.1, -0.05) is 32.3 Å². The number of nitrogens with zero attached hydrogens (tertiary/aromatic N) is 1. The Balaban J connectivity index is 1.55. The van der Waals surface area contributed by atoms with Crippen molar-refractivity contribution >= 4 is 16.9 Å². The Kier molecular flexibility index (Phi) is 6.72. The van der Waals surface area contributed by atoms with Crippen LogP contribution in [0.4, 0.5) is 4.79 Å². The summed E-state index contributed by atoms with van der Waals surface area (Å²) < 4.78 is 5.78. The van der Waals surface area contributed by atoms with Gasteiger partial charge in [0.25, 0.3) is 5.56 Å². The molecule has 1 atom stereocenters. The van der Waals surface area contributed by atoms with Gasteiger partial charge in [0.05, 0.1) is 12.6 Å². The minimum atomic E-state index is -0.130. The fraction of sp³-hybridized carbons (Fsp3) is 0.583. The number of aromatic nitrogens is 1. The van der Waals surface area contributed by atoms with Crippen LogP contribution in [0.3, 0.4) is 0 Å². The highest BCUT2D eigenvalue weighted by Crippen LogP contribution is 2.20. The van der Waals surface area contributed by atoms with Crippen LogP contribution in [0.15, 0.2) is 29.1 Å². The number of carbonyl (C=O) groups is 1. The molecule has 1 aliphatic carbocycles. The standard InChI is InChI=1S/C24H33N3O3/c1-2-17-10-11-22-18(13-17)14-19(23(28)26-22)15-27(16-21-9-6-12-30-21)24(29)25-20-7-4-3-5-8-20/h10-11,13-14,20-21H,2-9,12,15-16H2,1H3,(H,25,29)(H,26,28)/t21-/m1/s1.